The van der Waals surface area contributed by atoms with Gasteiger partial charge >= 0.3 is 0 Å². The standard InChI is InChI=1S/C22H26FN3O3S2/c23-19-8-7-17(15-21(19)31(28,29)26-9-3-4-10-26)22(27)24-20-6-2-1-5-18(20)16-25-11-13-30-14-12-25/h1-2,5-8,15H,3-4,9-14,16H2,(H,24,27). The van der Waals surface area contributed by atoms with Gasteiger partial charge in [-0.2, -0.15) is 16.1 Å². The van der Waals surface area contributed by atoms with E-state index < -0.39 is 26.6 Å². The molecule has 2 heterocycles. The Hall–Kier alpha value is -1.94. The highest BCUT2D eigenvalue weighted by Gasteiger charge is 2.30. The van der Waals surface area contributed by atoms with E-state index in [-0.39, 0.29) is 5.56 Å². The Morgan fingerprint density at radius 1 is 1.03 bits per heavy atom. The Morgan fingerprint density at radius 3 is 2.48 bits per heavy atom. The number of rotatable bonds is 6. The minimum Gasteiger partial charge on any atom is -0.322 e. The van der Waals surface area contributed by atoms with Gasteiger partial charge in [0.1, 0.15) is 10.7 Å². The van der Waals surface area contributed by atoms with Crippen LogP contribution in [0.3, 0.4) is 0 Å². The summed E-state index contributed by atoms with van der Waals surface area (Å²) in [5.41, 5.74) is 1.79. The molecular formula is C22H26FN3O3S2. The zero-order valence-electron chi connectivity index (χ0n) is 17.2. The second kappa shape index (κ2) is 9.68. The first-order valence-corrected chi connectivity index (χ1v) is 13.0. The summed E-state index contributed by atoms with van der Waals surface area (Å²) in [5.74, 6) is 0.892. The number of benzene rings is 2. The average molecular weight is 464 g/mol. The van der Waals surface area contributed by atoms with Gasteiger partial charge in [-0.1, -0.05) is 18.2 Å². The molecule has 31 heavy (non-hydrogen) atoms. The second-order valence-electron chi connectivity index (χ2n) is 7.76. The van der Waals surface area contributed by atoms with Crippen LogP contribution in [0.5, 0.6) is 0 Å². The first-order chi connectivity index (χ1) is 14.9. The first-order valence-electron chi connectivity index (χ1n) is 10.4. The second-order valence-corrected chi connectivity index (χ2v) is 10.9. The largest absolute Gasteiger partial charge is 0.322 e. The van der Waals surface area contributed by atoms with Crippen molar-refractivity contribution in [1.29, 1.82) is 0 Å². The molecule has 0 saturated carbocycles. The van der Waals surface area contributed by atoms with Gasteiger partial charge in [0.15, 0.2) is 0 Å². The van der Waals surface area contributed by atoms with E-state index in [4.69, 9.17) is 0 Å². The summed E-state index contributed by atoms with van der Waals surface area (Å²) in [7, 11) is -3.96. The lowest BCUT2D eigenvalue weighted by Gasteiger charge is -2.27. The van der Waals surface area contributed by atoms with E-state index in [1.165, 1.54) is 10.4 Å². The summed E-state index contributed by atoms with van der Waals surface area (Å²) in [6.07, 6.45) is 1.51. The molecule has 2 aliphatic heterocycles. The van der Waals surface area contributed by atoms with Crippen LogP contribution in [-0.2, 0) is 16.6 Å². The zero-order valence-corrected chi connectivity index (χ0v) is 18.9. The molecule has 2 aromatic rings. The Labute approximate surface area is 186 Å². The fourth-order valence-corrected chi connectivity index (χ4v) is 6.47. The fourth-order valence-electron chi connectivity index (χ4n) is 3.88. The number of amides is 1. The van der Waals surface area contributed by atoms with Crippen molar-refractivity contribution in [1.82, 2.24) is 9.21 Å². The Bertz CT molecular complexity index is 1050. The Kier molecular flexibility index (Phi) is 6.95. The molecule has 2 fully saturated rings. The third-order valence-corrected chi connectivity index (χ3v) is 8.50. The molecule has 0 bridgehead atoms. The number of hydrogen-bond acceptors (Lipinski definition) is 5. The van der Waals surface area contributed by atoms with Crippen LogP contribution < -0.4 is 5.32 Å². The van der Waals surface area contributed by atoms with Gasteiger partial charge in [-0.25, -0.2) is 12.8 Å². The molecule has 1 N–H and O–H groups in total. The number of carbonyl (C=O) groups is 1. The highest BCUT2D eigenvalue weighted by atomic mass is 32.2. The minimum absolute atomic E-state index is 0.114. The van der Waals surface area contributed by atoms with Crippen LogP contribution in [0.25, 0.3) is 0 Å². The maximum atomic E-state index is 14.4. The number of carbonyl (C=O) groups excluding carboxylic acids is 1. The number of anilines is 1. The summed E-state index contributed by atoms with van der Waals surface area (Å²) in [6, 6.07) is 11.1. The van der Waals surface area contributed by atoms with E-state index in [1.54, 1.807) is 0 Å². The lowest BCUT2D eigenvalue weighted by atomic mass is 10.1. The molecule has 0 radical (unpaired) electrons. The normalized spacial score (nSPS) is 18.2. The lowest BCUT2D eigenvalue weighted by Crippen LogP contribution is -2.32. The number of nitrogens with one attached hydrogen (secondary N) is 1. The van der Waals surface area contributed by atoms with Crippen LogP contribution >= 0.6 is 11.8 Å². The maximum Gasteiger partial charge on any atom is 0.255 e. The Morgan fingerprint density at radius 2 is 1.74 bits per heavy atom. The molecule has 2 aromatic carbocycles. The van der Waals surface area contributed by atoms with Gasteiger partial charge in [0.2, 0.25) is 10.0 Å². The van der Waals surface area contributed by atoms with Gasteiger partial charge in [-0.15, -0.1) is 0 Å². The summed E-state index contributed by atoms with van der Waals surface area (Å²) < 4.78 is 41.3. The summed E-state index contributed by atoms with van der Waals surface area (Å²) in [5, 5.41) is 2.88. The van der Waals surface area contributed by atoms with Crippen molar-refractivity contribution in [2.75, 3.05) is 43.0 Å². The van der Waals surface area contributed by atoms with Gasteiger partial charge in [-0.3, -0.25) is 9.69 Å². The molecule has 0 aliphatic carbocycles. The third kappa shape index (κ3) is 5.11. The smallest absolute Gasteiger partial charge is 0.255 e. The molecule has 6 nitrogen and oxygen atoms in total. The highest BCUT2D eigenvalue weighted by Crippen LogP contribution is 2.25. The molecule has 0 aromatic heterocycles. The van der Waals surface area contributed by atoms with E-state index >= 15 is 0 Å². The summed E-state index contributed by atoms with van der Waals surface area (Å²) >= 11 is 1.94. The van der Waals surface area contributed by atoms with Crippen LogP contribution in [-0.4, -0.2) is 61.2 Å². The van der Waals surface area contributed by atoms with Crippen molar-refractivity contribution >= 4 is 33.4 Å². The number of sulfonamides is 1. The molecular weight excluding hydrogens is 437 g/mol. The van der Waals surface area contributed by atoms with E-state index in [0.717, 1.165) is 61.7 Å². The quantitative estimate of drug-likeness (QED) is 0.711. The van der Waals surface area contributed by atoms with Crippen LogP contribution in [0.4, 0.5) is 10.1 Å². The number of nitrogens with zero attached hydrogens (tertiary/aromatic N) is 2. The molecule has 0 spiro atoms. The number of halogens is 1. The van der Waals surface area contributed by atoms with Gasteiger partial charge in [-0.05, 0) is 42.7 Å². The van der Waals surface area contributed by atoms with Crippen LogP contribution in [0, 0.1) is 5.82 Å². The van der Waals surface area contributed by atoms with E-state index in [1.807, 2.05) is 36.0 Å². The van der Waals surface area contributed by atoms with Gasteiger partial charge in [0.25, 0.3) is 5.91 Å². The maximum absolute atomic E-state index is 14.4. The number of hydrogen-bond donors (Lipinski definition) is 1. The Balaban J connectivity index is 1.54. The van der Waals surface area contributed by atoms with Gasteiger partial charge in [0, 0.05) is 55.5 Å². The lowest BCUT2D eigenvalue weighted by molar-refractivity contribution is 0.102. The van der Waals surface area contributed by atoms with Crippen molar-refractivity contribution in [2.24, 2.45) is 0 Å². The zero-order chi connectivity index (χ0) is 21.8. The topological polar surface area (TPSA) is 69.7 Å². The average Bonchev–Trinajstić information content (AvgIpc) is 3.32. The molecule has 0 unspecified atom stereocenters. The summed E-state index contributed by atoms with van der Waals surface area (Å²) in [6.45, 7) is 3.49. The van der Waals surface area contributed by atoms with Crippen molar-refractivity contribution in [3.05, 3.63) is 59.4 Å². The fraction of sp³-hybridized carbons (Fsp3) is 0.409. The molecule has 0 atom stereocenters. The molecule has 2 aliphatic rings. The molecule has 4 rings (SSSR count). The van der Waals surface area contributed by atoms with Crippen LogP contribution in [0.15, 0.2) is 47.4 Å². The van der Waals surface area contributed by atoms with Crippen molar-refractivity contribution in [3.8, 4) is 0 Å². The van der Waals surface area contributed by atoms with Gasteiger partial charge < -0.3 is 5.32 Å². The SMILES string of the molecule is O=C(Nc1ccccc1CN1CCSCC1)c1ccc(F)c(S(=O)(=O)N2CCCC2)c1. The van der Waals surface area contributed by atoms with E-state index in [0.29, 0.717) is 18.8 Å². The summed E-state index contributed by atoms with van der Waals surface area (Å²) in [4.78, 5) is 14.8. The first kappa shape index (κ1) is 22.3. The highest BCUT2D eigenvalue weighted by molar-refractivity contribution is 7.99. The molecule has 9 heteroatoms. The molecule has 1 amide bonds. The number of thioether (sulfide) groups is 1. The van der Waals surface area contributed by atoms with Crippen molar-refractivity contribution in [2.45, 2.75) is 24.3 Å². The monoisotopic (exact) mass is 463 g/mol. The van der Waals surface area contributed by atoms with Crippen LogP contribution in [0.2, 0.25) is 0 Å². The van der Waals surface area contributed by atoms with Crippen molar-refractivity contribution < 1.29 is 17.6 Å². The predicted octanol–water partition coefficient (Wildman–Crippen LogP) is 3.41. The third-order valence-electron chi connectivity index (χ3n) is 5.64. The minimum atomic E-state index is -3.96. The molecule has 2 saturated heterocycles. The number of para-hydroxylation sites is 1. The van der Waals surface area contributed by atoms with E-state index in [9.17, 15) is 17.6 Å². The van der Waals surface area contributed by atoms with Crippen molar-refractivity contribution in [3.63, 3.8) is 0 Å². The van der Waals surface area contributed by atoms with Gasteiger partial charge in [0.05, 0.1) is 0 Å². The molecule has 166 valence electrons. The van der Waals surface area contributed by atoms with Crippen LogP contribution in [0.1, 0.15) is 28.8 Å². The van der Waals surface area contributed by atoms with E-state index in [2.05, 4.69) is 10.2 Å². The predicted molar refractivity (Wildman–Crippen MR) is 121 cm³/mol.